The van der Waals surface area contributed by atoms with Crippen LogP contribution < -0.4 is 0 Å². The molecule has 0 fully saturated rings. The maximum atomic E-state index is 12.0. The number of ether oxygens (including phenoxy) is 2. The molecule has 38 heavy (non-hydrogen) atoms. The van der Waals surface area contributed by atoms with Gasteiger partial charge in [0.05, 0.1) is 31.9 Å². The van der Waals surface area contributed by atoms with Crippen LogP contribution in [0.5, 0.6) is 0 Å². The van der Waals surface area contributed by atoms with Crippen LogP contribution in [0.15, 0.2) is 53.5 Å². The minimum Gasteiger partial charge on any atom is -0.469 e. The molecular weight excluding hydrogens is 568 g/mol. The first-order valence-electron chi connectivity index (χ1n) is 12.4. The summed E-state index contributed by atoms with van der Waals surface area (Å²) >= 11 is 4.96. The SMILES string of the molecule is CCCCc1nc(/C=C(\Cc2cccs2)C(C)=O)cn1CCC(=O)OC.COC(=O)c1ccc(CBr)cc1. The van der Waals surface area contributed by atoms with Gasteiger partial charge in [0.2, 0.25) is 0 Å². The van der Waals surface area contributed by atoms with Crippen molar-refractivity contribution in [3.63, 3.8) is 0 Å². The number of methoxy groups -OCH3 is 2. The fraction of sp³-hybridized carbons (Fsp3) is 0.379. The molecule has 0 aliphatic carbocycles. The van der Waals surface area contributed by atoms with Crippen molar-refractivity contribution in [1.29, 1.82) is 0 Å². The van der Waals surface area contributed by atoms with Gasteiger partial charge in [0.15, 0.2) is 5.78 Å². The van der Waals surface area contributed by atoms with Gasteiger partial charge >= 0.3 is 11.9 Å². The summed E-state index contributed by atoms with van der Waals surface area (Å²) in [5.41, 5.74) is 3.24. The average Bonchev–Trinajstić information content (AvgIpc) is 3.59. The molecule has 2 heterocycles. The highest BCUT2D eigenvalue weighted by Crippen LogP contribution is 2.18. The number of aromatic nitrogens is 2. The number of unbranched alkanes of at least 4 members (excludes halogenated alkanes) is 1. The lowest BCUT2D eigenvalue weighted by molar-refractivity contribution is -0.140. The van der Waals surface area contributed by atoms with E-state index in [1.54, 1.807) is 30.4 Å². The summed E-state index contributed by atoms with van der Waals surface area (Å²) in [5, 5.41) is 2.81. The smallest absolute Gasteiger partial charge is 0.337 e. The molecule has 9 heteroatoms. The van der Waals surface area contributed by atoms with Crippen molar-refractivity contribution in [3.8, 4) is 0 Å². The Kier molecular flexibility index (Phi) is 13.7. The van der Waals surface area contributed by atoms with E-state index in [0.717, 1.165) is 52.1 Å². The topological polar surface area (TPSA) is 87.5 Å². The predicted octanol–water partition coefficient (Wildman–Crippen LogP) is 6.43. The summed E-state index contributed by atoms with van der Waals surface area (Å²) in [6.45, 7) is 4.26. The second-order valence-electron chi connectivity index (χ2n) is 8.51. The number of thiophene rings is 1. The number of hydrogen-bond acceptors (Lipinski definition) is 7. The fourth-order valence-electron chi connectivity index (χ4n) is 3.49. The Labute approximate surface area is 237 Å². The third-order valence-electron chi connectivity index (χ3n) is 5.66. The van der Waals surface area contributed by atoms with E-state index in [1.165, 1.54) is 14.2 Å². The van der Waals surface area contributed by atoms with Crippen molar-refractivity contribution in [1.82, 2.24) is 9.55 Å². The van der Waals surface area contributed by atoms with E-state index in [0.29, 0.717) is 24.9 Å². The van der Waals surface area contributed by atoms with Crippen LogP contribution in [0.2, 0.25) is 0 Å². The molecule has 0 atom stereocenters. The van der Waals surface area contributed by atoms with E-state index in [4.69, 9.17) is 4.74 Å². The predicted molar refractivity (Wildman–Crippen MR) is 155 cm³/mol. The molecular formula is C29H35BrN2O5S. The number of esters is 2. The quantitative estimate of drug-likeness (QED) is 0.135. The zero-order valence-electron chi connectivity index (χ0n) is 22.4. The molecule has 0 amide bonds. The lowest BCUT2D eigenvalue weighted by atomic mass is 10.1. The number of hydrogen-bond donors (Lipinski definition) is 0. The van der Waals surface area contributed by atoms with Crippen molar-refractivity contribution in [2.75, 3.05) is 14.2 Å². The zero-order valence-corrected chi connectivity index (χ0v) is 24.8. The molecule has 0 bridgehead atoms. The minimum atomic E-state index is -0.295. The van der Waals surface area contributed by atoms with Gasteiger partial charge < -0.3 is 14.0 Å². The van der Waals surface area contributed by atoms with E-state index in [-0.39, 0.29) is 17.7 Å². The first-order valence-corrected chi connectivity index (χ1v) is 14.4. The van der Waals surface area contributed by atoms with Gasteiger partial charge in [-0.3, -0.25) is 9.59 Å². The van der Waals surface area contributed by atoms with Gasteiger partial charge in [0.1, 0.15) is 5.82 Å². The van der Waals surface area contributed by atoms with E-state index in [1.807, 2.05) is 46.5 Å². The number of carbonyl (C=O) groups is 3. The number of halogens is 1. The zero-order chi connectivity index (χ0) is 27.9. The Morgan fingerprint density at radius 2 is 1.84 bits per heavy atom. The molecule has 0 unspecified atom stereocenters. The summed E-state index contributed by atoms with van der Waals surface area (Å²) in [5.74, 6) is 0.467. The van der Waals surface area contributed by atoms with Crippen molar-refractivity contribution in [3.05, 3.63) is 81.1 Å². The minimum absolute atomic E-state index is 0.0534. The molecule has 0 spiro atoms. The van der Waals surface area contributed by atoms with Crippen molar-refractivity contribution in [2.24, 2.45) is 0 Å². The number of rotatable bonds is 12. The summed E-state index contributed by atoms with van der Waals surface area (Å²) < 4.78 is 11.3. The van der Waals surface area contributed by atoms with E-state index in [9.17, 15) is 14.4 Å². The number of imidazole rings is 1. The summed E-state index contributed by atoms with van der Waals surface area (Å²) in [7, 11) is 2.77. The van der Waals surface area contributed by atoms with Crippen LogP contribution in [0, 0.1) is 0 Å². The van der Waals surface area contributed by atoms with Gasteiger partial charge in [-0.15, -0.1) is 11.3 Å². The third-order valence-corrected chi connectivity index (χ3v) is 7.19. The maximum Gasteiger partial charge on any atom is 0.337 e. The van der Waals surface area contributed by atoms with Crippen LogP contribution in [0.3, 0.4) is 0 Å². The van der Waals surface area contributed by atoms with Crippen LogP contribution in [0.4, 0.5) is 0 Å². The van der Waals surface area contributed by atoms with Crippen LogP contribution in [0.25, 0.3) is 6.08 Å². The lowest BCUT2D eigenvalue weighted by Crippen LogP contribution is -2.09. The second-order valence-corrected chi connectivity index (χ2v) is 10.1. The molecule has 2 aromatic heterocycles. The molecule has 0 saturated carbocycles. The molecule has 3 rings (SSSR count). The summed E-state index contributed by atoms with van der Waals surface area (Å²) in [4.78, 5) is 40.3. The molecule has 0 N–H and O–H groups in total. The first-order chi connectivity index (χ1) is 18.3. The Morgan fingerprint density at radius 1 is 1.11 bits per heavy atom. The monoisotopic (exact) mass is 602 g/mol. The highest BCUT2D eigenvalue weighted by atomic mass is 79.9. The van der Waals surface area contributed by atoms with Gasteiger partial charge in [-0.25, -0.2) is 9.78 Å². The van der Waals surface area contributed by atoms with E-state index in [2.05, 4.69) is 32.6 Å². The number of aryl methyl sites for hydroxylation is 2. The highest BCUT2D eigenvalue weighted by Gasteiger charge is 2.12. The second kappa shape index (κ2) is 16.7. The number of nitrogens with zero attached hydrogens (tertiary/aromatic N) is 2. The molecule has 0 aliphatic heterocycles. The molecule has 7 nitrogen and oxygen atoms in total. The first kappa shape index (κ1) is 31.2. The Balaban J connectivity index is 0.000000352. The maximum absolute atomic E-state index is 12.0. The van der Waals surface area contributed by atoms with Gasteiger partial charge in [-0.1, -0.05) is 47.5 Å². The van der Waals surface area contributed by atoms with Crippen molar-refractivity contribution < 1.29 is 23.9 Å². The molecule has 0 radical (unpaired) electrons. The highest BCUT2D eigenvalue weighted by molar-refractivity contribution is 9.08. The van der Waals surface area contributed by atoms with E-state index >= 15 is 0 Å². The molecule has 1 aromatic carbocycles. The average molecular weight is 604 g/mol. The van der Waals surface area contributed by atoms with Gasteiger partial charge in [-0.2, -0.15) is 0 Å². The van der Waals surface area contributed by atoms with Crippen LogP contribution in [0.1, 0.15) is 65.4 Å². The van der Waals surface area contributed by atoms with Gasteiger partial charge in [0.25, 0.3) is 0 Å². The Morgan fingerprint density at radius 3 is 2.39 bits per heavy atom. The molecule has 3 aromatic rings. The van der Waals surface area contributed by atoms with Crippen LogP contribution in [-0.4, -0.2) is 41.5 Å². The number of carbonyl (C=O) groups excluding carboxylic acids is 3. The van der Waals surface area contributed by atoms with E-state index < -0.39 is 0 Å². The van der Waals surface area contributed by atoms with Crippen LogP contribution in [-0.2, 0) is 43.8 Å². The van der Waals surface area contributed by atoms with Crippen LogP contribution >= 0.6 is 27.3 Å². The lowest BCUT2D eigenvalue weighted by Gasteiger charge is -2.06. The number of alkyl halides is 1. The Hall–Kier alpha value is -3.04. The van der Waals surface area contributed by atoms with Gasteiger partial charge in [0, 0.05) is 41.4 Å². The largest absolute Gasteiger partial charge is 0.469 e. The summed E-state index contributed by atoms with van der Waals surface area (Å²) in [6, 6.07) is 11.3. The Bertz CT molecular complexity index is 1200. The number of ketones is 1. The number of Topliss-reactive ketones (excluding diaryl/α,β-unsaturated/α-hetero) is 1. The molecule has 0 aliphatic rings. The fourth-order valence-corrected chi connectivity index (χ4v) is 4.59. The number of benzene rings is 1. The number of allylic oxidation sites excluding steroid dienone is 1. The van der Waals surface area contributed by atoms with Crippen molar-refractivity contribution in [2.45, 2.75) is 57.8 Å². The normalized spacial score (nSPS) is 10.9. The summed E-state index contributed by atoms with van der Waals surface area (Å²) in [6.07, 6.45) is 7.68. The standard InChI is InChI=1S/C20H26N2O3S.C9H9BrO2/c1-4-5-8-19-21-17(14-22(19)10-9-20(24)25-3)12-16(15(2)23)13-18-7-6-11-26-18;1-12-9(11)8-4-2-7(6-10)3-5-8/h6-7,11-12,14H,4-5,8-10,13H2,1-3H3;2-5H,6H2,1H3/b16-12+;. The molecule has 0 saturated heterocycles. The molecule has 204 valence electrons. The third kappa shape index (κ3) is 10.4. The van der Waals surface area contributed by atoms with Gasteiger partial charge in [-0.05, 0) is 48.6 Å². The van der Waals surface area contributed by atoms with Crippen molar-refractivity contribution >= 4 is 51.1 Å².